The molecule has 0 spiro atoms. The van der Waals surface area contributed by atoms with Crippen molar-refractivity contribution in [1.29, 1.82) is 0 Å². The van der Waals surface area contributed by atoms with Crippen LogP contribution in [0.1, 0.15) is 25.0 Å². The number of halogens is 1. The van der Waals surface area contributed by atoms with E-state index in [4.69, 9.17) is 11.6 Å². The van der Waals surface area contributed by atoms with Crippen LogP contribution in [-0.4, -0.2) is 24.5 Å². The minimum absolute atomic E-state index is 0.0514. The van der Waals surface area contributed by atoms with E-state index in [0.717, 1.165) is 23.2 Å². The van der Waals surface area contributed by atoms with Gasteiger partial charge in [-0.3, -0.25) is 4.79 Å². The highest BCUT2D eigenvalue weighted by molar-refractivity contribution is 6.33. The maximum Gasteiger partial charge on any atom is 0.319 e. The summed E-state index contributed by atoms with van der Waals surface area (Å²) in [7, 11) is 0. The lowest BCUT2D eigenvalue weighted by Gasteiger charge is -2.27. The number of benzene rings is 2. The average molecular weight is 386 g/mol. The molecule has 0 radical (unpaired) electrons. The maximum atomic E-state index is 13.1. The third-order valence-electron chi connectivity index (χ3n) is 4.75. The van der Waals surface area contributed by atoms with Crippen LogP contribution in [0.3, 0.4) is 0 Å². The smallest absolute Gasteiger partial charge is 0.319 e. The van der Waals surface area contributed by atoms with Crippen molar-refractivity contribution >= 4 is 34.9 Å². The number of amides is 3. The van der Waals surface area contributed by atoms with Crippen molar-refractivity contribution in [2.45, 2.75) is 33.2 Å². The van der Waals surface area contributed by atoms with E-state index in [2.05, 4.69) is 10.6 Å². The van der Waals surface area contributed by atoms with E-state index >= 15 is 0 Å². The van der Waals surface area contributed by atoms with Crippen LogP contribution < -0.4 is 15.5 Å². The summed E-state index contributed by atoms with van der Waals surface area (Å²) in [5.74, 6) is -0.149. The molecule has 6 heteroatoms. The Balaban J connectivity index is 1.72. The van der Waals surface area contributed by atoms with Gasteiger partial charge in [0.1, 0.15) is 6.04 Å². The van der Waals surface area contributed by atoms with Crippen molar-refractivity contribution < 1.29 is 9.59 Å². The van der Waals surface area contributed by atoms with E-state index < -0.39 is 12.1 Å². The summed E-state index contributed by atoms with van der Waals surface area (Å²) in [6.07, 6.45) is 0.831. The Hall–Kier alpha value is -2.53. The topological polar surface area (TPSA) is 61.4 Å². The van der Waals surface area contributed by atoms with Crippen molar-refractivity contribution in [3.05, 3.63) is 58.6 Å². The number of nitrogens with one attached hydrogen (secondary N) is 2. The fourth-order valence-corrected chi connectivity index (χ4v) is 3.55. The van der Waals surface area contributed by atoms with Crippen molar-refractivity contribution in [3.8, 4) is 0 Å². The molecule has 1 heterocycles. The summed E-state index contributed by atoms with van der Waals surface area (Å²) in [6.45, 7) is 6.40. The van der Waals surface area contributed by atoms with Gasteiger partial charge < -0.3 is 15.5 Å². The normalized spacial score (nSPS) is 14.0. The molecule has 3 rings (SSSR count). The summed E-state index contributed by atoms with van der Waals surface area (Å²) in [6, 6.07) is 12.2. The van der Waals surface area contributed by atoms with Gasteiger partial charge in [-0.1, -0.05) is 49.7 Å². The monoisotopic (exact) mass is 385 g/mol. The molecule has 0 saturated heterocycles. The van der Waals surface area contributed by atoms with Crippen LogP contribution >= 0.6 is 11.6 Å². The van der Waals surface area contributed by atoms with Crippen LogP contribution in [0, 0.1) is 12.8 Å². The molecule has 0 unspecified atom stereocenters. The van der Waals surface area contributed by atoms with Crippen LogP contribution in [0.2, 0.25) is 5.02 Å². The Morgan fingerprint density at radius 1 is 1.15 bits per heavy atom. The van der Waals surface area contributed by atoms with Crippen molar-refractivity contribution in [1.82, 2.24) is 5.32 Å². The number of rotatable bonds is 4. The van der Waals surface area contributed by atoms with Gasteiger partial charge in [0, 0.05) is 12.2 Å². The molecule has 1 aliphatic heterocycles. The number of hydrogen-bond acceptors (Lipinski definition) is 2. The van der Waals surface area contributed by atoms with Gasteiger partial charge in [-0.25, -0.2) is 4.79 Å². The molecule has 0 bridgehead atoms. The Morgan fingerprint density at radius 3 is 2.59 bits per heavy atom. The highest BCUT2D eigenvalue weighted by Crippen LogP contribution is 2.29. The zero-order valence-electron chi connectivity index (χ0n) is 15.8. The Kier molecular flexibility index (Phi) is 5.71. The molecule has 0 aliphatic carbocycles. The number of anilines is 2. The number of fused-ring (bicyclic) bond motifs is 1. The predicted molar refractivity (Wildman–Crippen MR) is 109 cm³/mol. The quantitative estimate of drug-likeness (QED) is 0.820. The largest absolute Gasteiger partial charge is 0.326 e. The van der Waals surface area contributed by atoms with Crippen LogP contribution in [0.4, 0.5) is 16.2 Å². The summed E-state index contributed by atoms with van der Waals surface area (Å²) in [4.78, 5) is 27.3. The Morgan fingerprint density at radius 2 is 1.89 bits per heavy atom. The van der Waals surface area contributed by atoms with E-state index in [0.29, 0.717) is 17.3 Å². The van der Waals surface area contributed by atoms with E-state index in [1.165, 1.54) is 0 Å². The molecule has 0 saturated carbocycles. The van der Waals surface area contributed by atoms with Crippen molar-refractivity contribution in [2.75, 3.05) is 16.8 Å². The first kappa shape index (κ1) is 19.2. The Bertz CT molecular complexity index is 866. The SMILES string of the molecule is Cc1ccc(NC(=O)N[C@@H](C(=O)N2CCc3ccccc32)C(C)C)c(Cl)c1. The number of hydrogen-bond donors (Lipinski definition) is 2. The lowest BCUT2D eigenvalue weighted by atomic mass is 10.0. The highest BCUT2D eigenvalue weighted by atomic mass is 35.5. The highest BCUT2D eigenvalue weighted by Gasteiger charge is 2.32. The molecule has 27 heavy (non-hydrogen) atoms. The Labute approximate surface area is 164 Å². The number of urea groups is 1. The second-order valence-electron chi connectivity index (χ2n) is 7.17. The first-order chi connectivity index (χ1) is 12.9. The molecule has 142 valence electrons. The average Bonchev–Trinajstić information content (AvgIpc) is 3.05. The fraction of sp³-hybridized carbons (Fsp3) is 0.333. The molecule has 2 N–H and O–H groups in total. The summed E-state index contributed by atoms with van der Waals surface area (Å²) in [5.41, 5.74) is 3.61. The van der Waals surface area contributed by atoms with Crippen LogP contribution in [0.25, 0.3) is 0 Å². The van der Waals surface area contributed by atoms with Gasteiger partial charge in [-0.15, -0.1) is 0 Å². The molecule has 3 amide bonds. The molecular weight excluding hydrogens is 362 g/mol. The molecule has 0 aromatic heterocycles. The lowest BCUT2D eigenvalue weighted by Crippen LogP contribution is -2.52. The zero-order chi connectivity index (χ0) is 19.6. The van der Waals surface area contributed by atoms with Crippen molar-refractivity contribution in [2.24, 2.45) is 5.92 Å². The van der Waals surface area contributed by atoms with E-state index in [-0.39, 0.29) is 11.8 Å². The number of para-hydroxylation sites is 1. The van der Waals surface area contributed by atoms with Gasteiger partial charge >= 0.3 is 6.03 Å². The first-order valence-corrected chi connectivity index (χ1v) is 9.47. The molecular formula is C21H24ClN3O2. The third kappa shape index (κ3) is 4.25. The van der Waals surface area contributed by atoms with E-state index in [1.54, 1.807) is 17.0 Å². The predicted octanol–water partition coefficient (Wildman–Crippen LogP) is 4.38. The van der Waals surface area contributed by atoms with Crippen LogP contribution in [-0.2, 0) is 11.2 Å². The van der Waals surface area contributed by atoms with Gasteiger partial charge in [0.2, 0.25) is 5.91 Å². The third-order valence-corrected chi connectivity index (χ3v) is 5.06. The van der Waals surface area contributed by atoms with Crippen LogP contribution in [0.15, 0.2) is 42.5 Å². The number of aryl methyl sites for hydroxylation is 1. The molecule has 1 atom stereocenters. The zero-order valence-corrected chi connectivity index (χ0v) is 16.5. The number of carbonyl (C=O) groups is 2. The van der Waals surface area contributed by atoms with Gasteiger partial charge in [0.15, 0.2) is 0 Å². The van der Waals surface area contributed by atoms with Gasteiger partial charge in [0.25, 0.3) is 0 Å². The lowest BCUT2D eigenvalue weighted by molar-refractivity contribution is -0.121. The first-order valence-electron chi connectivity index (χ1n) is 9.09. The molecule has 5 nitrogen and oxygen atoms in total. The second-order valence-corrected chi connectivity index (χ2v) is 7.58. The van der Waals surface area contributed by atoms with Crippen molar-refractivity contribution in [3.63, 3.8) is 0 Å². The van der Waals surface area contributed by atoms with Gasteiger partial charge in [-0.2, -0.15) is 0 Å². The molecule has 1 aliphatic rings. The maximum absolute atomic E-state index is 13.1. The molecule has 0 fully saturated rings. The van der Waals surface area contributed by atoms with E-state index in [1.807, 2.05) is 51.1 Å². The van der Waals surface area contributed by atoms with E-state index in [9.17, 15) is 9.59 Å². The standard InChI is InChI=1S/C21H24ClN3O2/c1-13(2)19(20(26)25-11-10-15-6-4-5-7-18(15)25)24-21(27)23-17-9-8-14(3)12-16(17)22/h4-9,12-13,19H,10-11H2,1-3H3,(H2,23,24,27)/t19-/m1/s1. The minimum atomic E-state index is -0.625. The number of nitrogens with zero attached hydrogens (tertiary/aromatic N) is 1. The number of carbonyl (C=O) groups excluding carboxylic acids is 2. The summed E-state index contributed by atoms with van der Waals surface area (Å²) < 4.78 is 0. The van der Waals surface area contributed by atoms with Crippen LogP contribution in [0.5, 0.6) is 0 Å². The molecule has 2 aromatic rings. The second kappa shape index (κ2) is 8.01. The molecule has 2 aromatic carbocycles. The van der Waals surface area contributed by atoms with Gasteiger partial charge in [0.05, 0.1) is 10.7 Å². The van der Waals surface area contributed by atoms with Gasteiger partial charge in [-0.05, 0) is 48.6 Å². The fourth-order valence-electron chi connectivity index (χ4n) is 3.27. The summed E-state index contributed by atoms with van der Waals surface area (Å²) >= 11 is 6.18. The summed E-state index contributed by atoms with van der Waals surface area (Å²) in [5, 5.41) is 6.01. The minimum Gasteiger partial charge on any atom is -0.326 e.